The predicted octanol–water partition coefficient (Wildman–Crippen LogP) is 21.3. The number of pyridine rings is 4. The van der Waals surface area contributed by atoms with Gasteiger partial charge in [-0.3, -0.25) is 9.59 Å². The zero-order valence-electron chi connectivity index (χ0n) is 70.2. The van der Waals surface area contributed by atoms with Crippen LogP contribution >= 0.6 is 92.8 Å². The minimum absolute atomic E-state index is 0.0566. The van der Waals surface area contributed by atoms with Crippen LogP contribution in [0.2, 0.25) is 40.2 Å². The first-order valence-electron chi connectivity index (χ1n) is 40.0. The third-order valence-electron chi connectivity index (χ3n) is 19.9. The Bertz CT molecular complexity index is 6000. The maximum Gasteiger partial charge on any atom is 0.321 e. The van der Waals surface area contributed by atoms with Gasteiger partial charge < -0.3 is 88.5 Å². The van der Waals surface area contributed by atoms with Crippen molar-refractivity contribution in [2.24, 2.45) is 0 Å². The number of hydrogen-bond acceptors (Lipinski definition) is 19. The molecule has 37 heteroatoms. The number of piperazine rings is 2. The van der Waals surface area contributed by atoms with Crippen LogP contribution in [0.4, 0.5) is 67.5 Å². The summed E-state index contributed by atoms with van der Waals surface area (Å²) in [5.41, 5.74) is 33.2. The molecule has 2 fully saturated rings. The molecule has 6 amide bonds. The van der Waals surface area contributed by atoms with Gasteiger partial charge in [0.2, 0.25) is 5.91 Å². The number of likely N-dealkylation sites (N-methyl/N-ethyl adjacent to an activating group) is 1. The van der Waals surface area contributed by atoms with E-state index in [1.54, 1.807) is 103 Å². The number of carbonyl (C=O) groups is 4. The number of urea groups is 2. The highest BCUT2D eigenvalue weighted by Crippen LogP contribution is 2.43. The molecule has 8 aromatic carbocycles. The molecule has 2 aliphatic rings. The molecule has 25 nitrogen and oxygen atoms in total. The zero-order valence-corrected chi connectivity index (χ0v) is 76.2. The lowest BCUT2D eigenvalue weighted by Gasteiger charge is -2.27. The Labute approximate surface area is 782 Å². The molecule has 4 aromatic heterocycles. The van der Waals surface area contributed by atoms with E-state index in [1.807, 2.05) is 93.0 Å². The van der Waals surface area contributed by atoms with Crippen LogP contribution < -0.4 is 73.8 Å². The van der Waals surface area contributed by atoms with E-state index in [1.165, 1.54) is 60.8 Å². The van der Waals surface area contributed by atoms with Crippen LogP contribution in [-0.2, 0) is 11.3 Å². The van der Waals surface area contributed by atoms with Crippen LogP contribution in [0.3, 0.4) is 0 Å². The number of ether oxygens (including phenoxy) is 4. The topological polar surface area (TPSA) is 343 Å². The monoisotopic (exact) mass is 1920 g/mol. The van der Waals surface area contributed by atoms with Crippen LogP contribution in [0.1, 0.15) is 90.3 Å². The van der Waals surface area contributed by atoms with Crippen LogP contribution in [0.5, 0.6) is 23.0 Å². The molecule has 12 aromatic rings. The Morgan fingerprint density at radius 1 is 0.403 bits per heavy atom. The molecular formula is C92H89Cl8F4N17O8. The number of nitrogens with one attached hydrogen (secondary N) is 6. The van der Waals surface area contributed by atoms with Gasteiger partial charge in [-0.1, -0.05) is 153 Å². The second-order valence-electron chi connectivity index (χ2n) is 29.5. The molecular weight excluding hydrogens is 1830 g/mol. The van der Waals surface area contributed by atoms with Crippen molar-refractivity contribution < 1.29 is 55.7 Å². The molecule has 14 rings (SSSR count). The summed E-state index contributed by atoms with van der Waals surface area (Å²) in [6.07, 6.45) is 3.57. The number of benzene rings is 8. The molecule has 0 aliphatic carbocycles. The fourth-order valence-corrected chi connectivity index (χ4v) is 16.0. The number of rotatable bonds is 23. The van der Waals surface area contributed by atoms with Crippen molar-refractivity contribution in [2.45, 2.75) is 58.7 Å². The van der Waals surface area contributed by atoms with Crippen LogP contribution in [-0.4, -0.2) is 132 Å². The summed E-state index contributed by atoms with van der Waals surface area (Å²) in [7, 11) is 3.68. The van der Waals surface area contributed by atoms with Crippen molar-refractivity contribution >= 4 is 157 Å². The fourth-order valence-electron chi connectivity index (χ4n) is 13.3. The Kier molecular flexibility index (Phi) is 34.8. The van der Waals surface area contributed by atoms with E-state index in [2.05, 4.69) is 51.8 Å². The van der Waals surface area contributed by atoms with Gasteiger partial charge in [-0.2, -0.15) is 0 Å². The van der Waals surface area contributed by atoms with Crippen LogP contribution in [0.15, 0.2) is 201 Å². The minimum Gasteiger partial charge on any atom is -0.482 e. The normalized spacial score (nSPS) is 13.3. The van der Waals surface area contributed by atoms with E-state index in [-0.39, 0.29) is 83.0 Å². The fraction of sp³-hybridized carbons (Fsp3) is 0.217. The van der Waals surface area contributed by atoms with Gasteiger partial charge in [0.15, 0.2) is 46.3 Å². The highest BCUT2D eigenvalue weighted by molar-refractivity contribution is 6.38. The van der Waals surface area contributed by atoms with E-state index in [9.17, 15) is 36.7 Å². The van der Waals surface area contributed by atoms with Crippen molar-refractivity contribution in [1.29, 1.82) is 0 Å². The van der Waals surface area contributed by atoms with Gasteiger partial charge in [-0.15, -0.1) is 0 Å². The molecule has 0 radical (unpaired) electrons. The second kappa shape index (κ2) is 45.9. The molecule has 4 unspecified atom stereocenters. The summed E-state index contributed by atoms with van der Waals surface area (Å²) in [5, 5.41) is 18.6. The van der Waals surface area contributed by atoms with Crippen LogP contribution in [0.25, 0.3) is 33.4 Å². The second-order valence-corrected chi connectivity index (χ2v) is 32.7. The number of aromatic nitrogens is 4. The standard InChI is InChI=1S/2C24H24Cl2FN5O2.C24H25Cl2FN4O2.C20H16Cl2FN3O2/c1-14(21-18(25)6-7-19(27)22(21)26)34-20-12-16(13-30-23(20)28)15-2-4-17(5-3-15)31-24(33)32-10-8-29-9-11-32;1-14(21-18(25)5-6-19(27)22(21)26)34-20-12-16(13-30-23(20)28)15-3-2-4-17(11-15)31-24(33)32-9-7-29-8-10-32;1-14(22-18(25)7-8-19(27)23(22)26)33-20-10-17(12-30-24(20)28)16-6-4-5-15(9-16)11-29-21(32)13-31(2)3;1-11(17-14(21)7-8-15(23)18(17)22)28-16-9-13(10-25-19(16)24)26-20(27)12-5-3-2-4-6-12/h2-7,12-14,29H,8-11H2,1H3,(H2,28,30)(H,31,33);2-6,11-14,29H,7-10H2,1H3,(H2,28,30)(H,31,33);4-10,12,14H,11,13H2,1-3H3,(H2,28,30)(H,29,32);2-11H,1H3,(H2,24,25)(H,26,27). The summed E-state index contributed by atoms with van der Waals surface area (Å²) in [6, 6.07) is 48.2. The Morgan fingerprint density at radius 2 is 0.767 bits per heavy atom. The SMILES string of the molecule is CC(Oc1cc(-c2ccc(NC(=O)N3CCNCC3)cc2)cnc1N)c1c(Cl)ccc(F)c1Cl.CC(Oc1cc(-c2cccc(CNC(=O)CN(C)C)c2)cnc1N)c1c(Cl)ccc(F)c1Cl.CC(Oc1cc(-c2cccc(NC(=O)N3CCNCC3)c2)cnc1N)c1c(Cl)ccc(F)c1Cl.CC(Oc1cc(NC(=O)c2ccccc2)cnc1N)c1c(Cl)ccc(F)c1Cl. The van der Waals surface area contributed by atoms with Gasteiger partial charge >= 0.3 is 12.1 Å². The molecule has 4 atom stereocenters. The molecule has 0 spiro atoms. The third-order valence-corrected chi connectivity index (χ3v) is 22.8. The van der Waals surface area contributed by atoms with Crippen molar-refractivity contribution in [3.8, 4) is 56.4 Å². The van der Waals surface area contributed by atoms with Gasteiger partial charge in [-0.05, 0) is 173 Å². The first-order chi connectivity index (χ1) is 61.7. The maximum atomic E-state index is 14.0. The quantitative estimate of drug-likeness (QED) is 0.0210. The average Bonchev–Trinajstić information content (AvgIpc) is 0.823. The first-order valence-corrected chi connectivity index (χ1v) is 43.0. The highest BCUT2D eigenvalue weighted by Gasteiger charge is 2.27. The lowest BCUT2D eigenvalue weighted by atomic mass is 10.0. The number of hydrogen-bond donors (Lipinski definition) is 10. The Hall–Kier alpha value is -11.8. The maximum absolute atomic E-state index is 14.0. The zero-order chi connectivity index (χ0) is 92.9. The molecule has 129 heavy (non-hydrogen) atoms. The minimum atomic E-state index is -0.708. The number of carbonyl (C=O) groups excluding carboxylic acids is 4. The van der Waals surface area contributed by atoms with Crippen molar-refractivity contribution in [3.05, 3.63) is 298 Å². The Balaban J connectivity index is 0.000000167. The van der Waals surface area contributed by atoms with E-state index in [4.69, 9.17) is 135 Å². The lowest BCUT2D eigenvalue weighted by Crippen LogP contribution is -2.48. The third kappa shape index (κ3) is 26.5. The first kappa shape index (κ1) is 97.8. The van der Waals surface area contributed by atoms with Crippen molar-refractivity contribution in [1.82, 2.24) is 50.6 Å². The summed E-state index contributed by atoms with van der Waals surface area (Å²) in [5.74, 6) is -0.939. The van der Waals surface area contributed by atoms with Crippen LogP contribution in [0, 0.1) is 23.3 Å². The molecule has 6 heterocycles. The largest absolute Gasteiger partial charge is 0.482 e. The van der Waals surface area contributed by atoms with Crippen molar-refractivity contribution in [3.63, 3.8) is 0 Å². The predicted molar refractivity (Wildman–Crippen MR) is 504 cm³/mol. The number of halogens is 12. The van der Waals surface area contributed by atoms with E-state index in [0.29, 0.717) is 111 Å². The molecule has 2 saturated heterocycles. The molecule has 0 saturated carbocycles. The summed E-state index contributed by atoms with van der Waals surface area (Å²) in [6.45, 7) is 13.3. The molecule has 2 aliphatic heterocycles. The Morgan fingerprint density at radius 3 is 1.17 bits per heavy atom. The number of amides is 6. The molecule has 0 bridgehead atoms. The lowest BCUT2D eigenvalue weighted by molar-refractivity contribution is -0.121. The van der Waals surface area contributed by atoms with E-state index >= 15 is 0 Å². The number of nitrogen functional groups attached to an aromatic ring is 4. The summed E-state index contributed by atoms with van der Waals surface area (Å²) in [4.78, 5) is 71.2. The number of anilines is 7. The van der Waals surface area contributed by atoms with Crippen molar-refractivity contribution in [2.75, 3.05) is 112 Å². The van der Waals surface area contributed by atoms with E-state index < -0.39 is 47.7 Å². The van der Waals surface area contributed by atoms with Gasteiger partial charge in [0, 0.05) is 160 Å². The highest BCUT2D eigenvalue weighted by atomic mass is 35.5. The number of nitrogens with zero attached hydrogens (tertiary/aromatic N) is 7. The van der Waals surface area contributed by atoms with Gasteiger partial charge in [0.1, 0.15) is 47.7 Å². The molecule has 14 N–H and O–H groups in total. The van der Waals surface area contributed by atoms with E-state index in [0.717, 1.165) is 65.1 Å². The number of nitrogens with two attached hydrogens (primary N) is 4. The smallest absolute Gasteiger partial charge is 0.321 e. The van der Waals surface area contributed by atoms with Gasteiger partial charge in [-0.25, -0.2) is 47.1 Å². The molecule has 674 valence electrons. The summed E-state index contributed by atoms with van der Waals surface area (Å²) < 4.78 is 79.3. The summed E-state index contributed by atoms with van der Waals surface area (Å²) >= 11 is 49.1. The van der Waals surface area contributed by atoms with Gasteiger partial charge in [0.05, 0.1) is 38.5 Å². The van der Waals surface area contributed by atoms with Gasteiger partial charge in [0.25, 0.3) is 5.91 Å². The average molecular weight is 1920 g/mol.